The molecule has 7 heteroatoms. The summed E-state index contributed by atoms with van der Waals surface area (Å²) in [4.78, 5) is 0.148. The lowest BCUT2D eigenvalue weighted by Gasteiger charge is -2.10. The van der Waals surface area contributed by atoms with E-state index in [4.69, 9.17) is 5.11 Å². The molecule has 112 valence electrons. The van der Waals surface area contributed by atoms with Gasteiger partial charge in [0, 0.05) is 15.5 Å². The third-order valence-corrected chi connectivity index (χ3v) is 5.69. The van der Waals surface area contributed by atoms with Crippen LogP contribution in [0.3, 0.4) is 0 Å². The van der Waals surface area contributed by atoms with E-state index in [-0.39, 0.29) is 18.0 Å². The molecule has 2 aromatic carbocycles. The predicted octanol–water partition coefficient (Wildman–Crippen LogP) is 3.18. The van der Waals surface area contributed by atoms with Crippen molar-refractivity contribution in [2.24, 2.45) is 0 Å². The van der Waals surface area contributed by atoms with Gasteiger partial charge in [0.05, 0.1) is 11.5 Å². The van der Waals surface area contributed by atoms with Gasteiger partial charge in [-0.15, -0.1) is 0 Å². The summed E-state index contributed by atoms with van der Waals surface area (Å²) in [5, 5.41) is 9.04. The zero-order chi connectivity index (χ0) is 15.5. The van der Waals surface area contributed by atoms with Crippen molar-refractivity contribution in [1.29, 1.82) is 0 Å². The molecule has 0 aliphatic carbocycles. The maximum atomic E-state index is 12.3. The van der Waals surface area contributed by atoms with Gasteiger partial charge in [0.1, 0.15) is 0 Å². The number of hydrogen-bond acceptors (Lipinski definition) is 3. The first kappa shape index (κ1) is 16.6. The Hall–Kier alpha value is -0.730. The van der Waals surface area contributed by atoms with Crippen molar-refractivity contribution >= 4 is 41.9 Å². The Morgan fingerprint density at radius 3 is 2.43 bits per heavy atom. The highest BCUT2D eigenvalue weighted by Gasteiger charge is 2.17. The van der Waals surface area contributed by atoms with Crippen LogP contribution in [0.4, 0.5) is 0 Å². The van der Waals surface area contributed by atoms with Gasteiger partial charge >= 0.3 is 0 Å². The topological polar surface area (TPSA) is 66.4 Å². The summed E-state index contributed by atoms with van der Waals surface area (Å²) in [7, 11) is -3.62. The number of benzene rings is 2. The lowest BCUT2D eigenvalue weighted by molar-refractivity contribution is 0.281. The maximum absolute atomic E-state index is 12.3. The van der Waals surface area contributed by atoms with Crippen LogP contribution >= 0.6 is 31.9 Å². The van der Waals surface area contributed by atoms with E-state index in [1.807, 2.05) is 24.3 Å². The van der Waals surface area contributed by atoms with Crippen molar-refractivity contribution < 1.29 is 13.5 Å². The zero-order valence-electron chi connectivity index (χ0n) is 10.9. The normalized spacial score (nSPS) is 11.6. The third-order valence-electron chi connectivity index (χ3n) is 2.82. The van der Waals surface area contributed by atoms with Crippen molar-refractivity contribution in [3.05, 3.63) is 62.5 Å². The van der Waals surface area contributed by atoms with E-state index in [2.05, 4.69) is 36.6 Å². The molecule has 0 radical (unpaired) electrons. The summed E-state index contributed by atoms with van der Waals surface area (Å²) >= 11 is 6.57. The Bertz CT molecular complexity index is 748. The SMILES string of the molecule is O=S(=O)(NCc1cccc(Br)c1)c1ccc(CO)cc1Br. The molecule has 0 unspecified atom stereocenters. The molecule has 0 aliphatic heterocycles. The van der Waals surface area contributed by atoms with Crippen molar-refractivity contribution in [2.75, 3.05) is 0 Å². The summed E-state index contributed by atoms with van der Waals surface area (Å²) in [5.74, 6) is 0. The van der Waals surface area contributed by atoms with Crippen LogP contribution in [-0.2, 0) is 23.2 Å². The van der Waals surface area contributed by atoms with Crippen LogP contribution in [0.1, 0.15) is 11.1 Å². The molecule has 0 fully saturated rings. The first-order valence-electron chi connectivity index (χ1n) is 6.06. The Morgan fingerprint density at radius 2 is 1.81 bits per heavy atom. The molecule has 2 rings (SSSR count). The van der Waals surface area contributed by atoms with Crippen molar-refractivity contribution in [3.8, 4) is 0 Å². The molecular weight excluding hydrogens is 422 g/mol. The summed E-state index contributed by atoms with van der Waals surface area (Å²) in [6.45, 7) is 0.0698. The second-order valence-corrected chi connectivity index (χ2v) is 7.88. The highest BCUT2D eigenvalue weighted by molar-refractivity contribution is 9.10. The van der Waals surface area contributed by atoms with Gasteiger partial charge in [-0.25, -0.2) is 13.1 Å². The molecule has 4 nitrogen and oxygen atoms in total. The van der Waals surface area contributed by atoms with Crippen LogP contribution in [0, 0.1) is 0 Å². The minimum atomic E-state index is -3.62. The average Bonchev–Trinajstić information content (AvgIpc) is 2.45. The van der Waals surface area contributed by atoms with E-state index in [0.29, 0.717) is 10.0 Å². The summed E-state index contributed by atoms with van der Waals surface area (Å²) < 4.78 is 28.5. The standard InChI is InChI=1S/C14H13Br2NO3S/c15-12-3-1-2-10(6-12)8-17-21(19,20)14-5-4-11(9-18)7-13(14)16/h1-7,17-18H,8-9H2. The number of nitrogens with one attached hydrogen (secondary N) is 1. The number of halogens is 2. The Kier molecular flexibility index (Phi) is 5.56. The van der Waals surface area contributed by atoms with Gasteiger partial charge in [-0.1, -0.05) is 34.1 Å². The highest BCUT2D eigenvalue weighted by Crippen LogP contribution is 2.23. The maximum Gasteiger partial charge on any atom is 0.241 e. The van der Waals surface area contributed by atoms with Crippen LogP contribution in [0.2, 0.25) is 0 Å². The molecular formula is C14H13Br2NO3S. The predicted molar refractivity (Wildman–Crippen MR) is 88.2 cm³/mol. The number of rotatable bonds is 5. The van der Waals surface area contributed by atoms with Gasteiger partial charge in [-0.05, 0) is 51.3 Å². The molecule has 0 bridgehead atoms. The van der Waals surface area contributed by atoms with Gasteiger partial charge in [0.15, 0.2) is 0 Å². The average molecular weight is 435 g/mol. The molecule has 0 amide bonds. The lowest BCUT2D eigenvalue weighted by Crippen LogP contribution is -2.23. The molecule has 21 heavy (non-hydrogen) atoms. The molecule has 2 N–H and O–H groups in total. The summed E-state index contributed by atoms with van der Waals surface area (Å²) in [6.07, 6.45) is 0. The molecule has 0 aromatic heterocycles. The van der Waals surface area contributed by atoms with Crippen LogP contribution in [0.5, 0.6) is 0 Å². The van der Waals surface area contributed by atoms with Gasteiger partial charge in [0.2, 0.25) is 10.0 Å². The second-order valence-electron chi connectivity index (χ2n) is 4.38. The first-order valence-corrected chi connectivity index (χ1v) is 9.12. The van der Waals surface area contributed by atoms with E-state index < -0.39 is 10.0 Å². The fraction of sp³-hybridized carbons (Fsp3) is 0.143. The highest BCUT2D eigenvalue weighted by atomic mass is 79.9. The van der Waals surface area contributed by atoms with Gasteiger partial charge in [-0.3, -0.25) is 0 Å². The van der Waals surface area contributed by atoms with Crippen LogP contribution in [0.25, 0.3) is 0 Å². The molecule has 0 aliphatic rings. The minimum Gasteiger partial charge on any atom is -0.392 e. The summed E-state index contributed by atoms with van der Waals surface area (Å²) in [6, 6.07) is 12.1. The van der Waals surface area contributed by atoms with Crippen molar-refractivity contribution in [3.63, 3.8) is 0 Å². The van der Waals surface area contributed by atoms with E-state index >= 15 is 0 Å². The van der Waals surface area contributed by atoms with Crippen LogP contribution < -0.4 is 4.72 Å². The molecule has 0 heterocycles. The van der Waals surface area contributed by atoms with Gasteiger partial charge in [0.25, 0.3) is 0 Å². The largest absolute Gasteiger partial charge is 0.392 e. The van der Waals surface area contributed by atoms with Gasteiger partial charge < -0.3 is 5.11 Å². The Morgan fingerprint density at radius 1 is 1.05 bits per heavy atom. The van der Waals surface area contributed by atoms with Gasteiger partial charge in [-0.2, -0.15) is 0 Å². The minimum absolute atomic E-state index is 0.135. The molecule has 0 saturated carbocycles. The Balaban J connectivity index is 2.19. The number of aliphatic hydroxyl groups excluding tert-OH is 1. The van der Waals surface area contributed by atoms with E-state index in [1.165, 1.54) is 6.07 Å². The fourth-order valence-corrected chi connectivity index (χ4v) is 4.35. The molecule has 0 spiro atoms. The lowest BCUT2D eigenvalue weighted by atomic mass is 10.2. The number of aliphatic hydroxyl groups is 1. The molecule has 0 atom stereocenters. The fourth-order valence-electron chi connectivity index (χ4n) is 1.76. The van der Waals surface area contributed by atoms with Crippen molar-refractivity contribution in [2.45, 2.75) is 18.0 Å². The second kappa shape index (κ2) is 7.02. The molecule has 0 saturated heterocycles. The smallest absolute Gasteiger partial charge is 0.241 e. The number of hydrogen-bond donors (Lipinski definition) is 2. The zero-order valence-corrected chi connectivity index (χ0v) is 14.9. The van der Waals surface area contributed by atoms with E-state index in [1.54, 1.807) is 12.1 Å². The third kappa shape index (κ3) is 4.37. The van der Waals surface area contributed by atoms with E-state index in [0.717, 1.165) is 10.0 Å². The quantitative estimate of drug-likeness (QED) is 0.759. The van der Waals surface area contributed by atoms with Crippen molar-refractivity contribution in [1.82, 2.24) is 4.72 Å². The van der Waals surface area contributed by atoms with E-state index in [9.17, 15) is 8.42 Å². The first-order chi connectivity index (χ1) is 9.92. The van der Waals surface area contributed by atoms with Crippen LogP contribution in [0.15, 0.2) is 56.3 Å². The van der Waals surface area contributed by atoms with Crippen LogP contribution in [-0.4, -0.2) is 13.5 Å². The molecule has 2 aromatic rings. The Labute approximate surface area is 140 Å². The number of sulfonamides is 1. The monoisotopic (exact) mass is 433 g/mol. The summed E-state index contributed by atoms with van der Waals surface area (Å²) in [5.41, 5.74) is 1.50.